The van der Waals surface area contributed by atoms with Crippen LogP contribution < -0.4 is 15.5 Å². The zero-order valence-corrected chi connectivity index (χ0v) is 21.7. The molecule has 7 nitrogen and oxygen atoms in total. The lowest BCUT2D eigenvalue weighted by Crippen LogP contribution is -2.28. The Hall–Kier alpha value is -3.86. The summed E-state index contributed by atoms with van der Waals surface area (Å²) in [6.45, 7) is 3.49. The fraction of sp³-hybridized carbons (Fsp3) is 0.214. The molecule has 0 bridgehead atoms. The lowest BCUT2D eigenvalue weighted by atomic mass is 9.91. The van der Waals surface area contributed by atoms with Gasteiger partial charge in [0, 0.05) is 47.0 Å². The van der Waals surface area contributed by atoms with Gasteiger partial charge in [0.25, 0.3) is 0 Å². The van der Waals surface area contributed by atoms with Gasteiger partial charge in [0.1, 0.15) is 0 Å². The van der Waals surface area contributed by atoms with Gasteiger partial charge in [-0.1, -0.05) is 41.4 Å². The van der Waals surface area contributed by atoms with E-state index in [1.165, 1.54) is 6.92 Å². The molecule has 1 heterocycles. The molecule has 2 unspecified atom stereocenters. The first-order chi connectivity index (χ1) is 17.7. The molecule has 1 aliphatic heterocycles. The Balaban J connectivity index is 1.47. The van der Waals surface area contributed by atoms with Crippen molar-refractivity contribution in [2.24, 2.45) is 5.92 Å². The van der Waals surface area contributed by atoms with E-state index in [4.69, 9.17) is 23.2 Å². The molecule has 1 fully saturated rings. The predicted octanol–water partition coefficient (Wildman–Crippen LogP) is 5.91. The normalized spacial score (nSPS) is 15.7. The van der Waals surface area contributed by atoms with E-state index >= 15 is 0 Å². The summed E-state index contributed by atoms with van der Waals surface area (Å²) < 4.78 is 0. The van der Waals surface area contributed by atoms with Gasteiger partial charge in [-0.2, -0.15) is 5.26 Å². The second-order valence-corrected chi connectivity index (χ2v) is 9.77. The number of rotatable bonds is 6. The van der Waals surface area contributed by atoms with Crippen LogP contribution in [0.3, 0.4) is 0 Å². The molecule has 0 aromatic heterocycles. The number of anilines is 3. The smallest absolute Gasteiger partial charge is 0.229 e. The Morgan fingerprint density at radius 1 is 1.05 bits per heavy atom. The predicted molar refractivity (Wildman–Crippen MR) is 145 cm³/mol. The number of nitriles is 1. The third kappa shape index (κ3) is 5.93. The number of hydrogen-bond acceptors (Lipinski definition) is 4. The first-order valence-electron chi connectivity index (χ1n) is 11.6. The van der Waals surface area contributed by atoms with Gasteiger partial charge < -0.3 is 15.5 Å². The maximum atomic E-state index is 13.1. The van der Waals surface area contributed by atoms with Gasteiger partial charge in [-0.05, 0) is 66.1 Å². The largest absolute Gasteiger partial charge is 0.326 e. The van der Waals surface area contributed by atoms with Crippen LogP contribution in [0.25, 0.3) is 0 Å². The van der Waals surface area contributed by atoms with Crippen LogP contribution in [0.4, 0.5) is 17.1 Å². The summed E-state index contributed by atoms with van der Waals surface area (Å²) in [5.41, 5.74) is 3.95. The van der Waals surface area contributed by atoms with E-state index in [1.54, 1.807) is 65.6 Å². The molecular weight excluding hydrogens is 511 g/mol. The minimum atomic E-state index is -0.591. The van der Waals surface area contributed by atoms with Crippen molar-refractivity contribution in [1.82, 2.24) is 0 Å². The van der Waals surface area contributed by atoms with Gasteiger partial charge in [0.2, 0.25) is 17.7 Å². The number of nitrogens with zero attached hydrogens (tertiary/aromatic N) is 2. The minimum absolute atomic E-state index is 0.0806. The Morgan fingerprint density at radius 2 is 1.73 bits per heavy atom. The van der Waals surface area contributed by atoms with Crippen LogP contribution in [0.2, 0.25) is 10.0 Å². The van der Waals surface area contributed by atoms with Crippen LogP contribution in [0.5, 0.6) is 0 Å². The summed E-state index contributed by atoms with van der Waals surface area (Å²) >= 11 is 12.5. The van der Waals surface area contributed by atoms with Crippen molar-refractivity contribution in [1.29, 1.82) is 5.26 Å². The lowest BCUT2D eigenvalue weighted by molar-refractivity contribution is -0.122. The monoisotopic (exact) mass is 534 g/mol. The summed E-state index contributed by atoms with van der Waals surface area (Å²) in [4.78, 5) is 38.5. The standard InChI is InChI=1S/C28H24Cl2N4O3/c1-16-11-23(24(14-31)18-3-5-20(29)6-4-18)25(30)13-26(16)33-28(37)19-12-27(36)34(15-19)22-9-7-21(8-10-22)32-17(2)35/h3-11,13,19,24H,12,15H2,1-2H3,(H,32,35)(H,33,37). The van der Waals surface area contributed by atoms with Crippen molar-refractivity contribution >= 4 is 58.0 Å². The number of hydrogen-bond donors (Lipinski definition) is 2. The van der Waals surface area contributed by atoms with Gasteiger partial charge in [0.05, 0.1) is 17.9 Å². The minimum Gasteiger partial charge on any atom is -0.326 e. The molecule has 0 spiro atoms. The van der Waals surface area contributed by atoms with Crippen LogP contribution >= 0.6 is 23.2 Å². The van der Waals surface area contributed by atoms with Gasteiger partial charge in [-0.25, -0.2) is 0 Å². The van der Waals surface area contributed by atoms with Crippen LogP contribution in [-0.2, 0) is 14.4 Å². The zero-order chi connectivity index (χ0) is 26.7. The average molecular weight is 535 g/mol. The van der Waals surface area contributed by atoms with Crippen LogP contribution in [0.1, 0.15) is 36.0 Å². The molecule has 0 saturated carbocycles. The molecule has 3 amide bonds. The van der Waals surface area contributed by atoms with E-state index in [2.05, 4.69) is 16.7 Å². The number of nitrogens with one attached hydrogen (secondary N) is 2. The van der Waals surface area contributed by atoms with E-state index in [9.17, 15) is 19.6 Å². The molecule has 1 aliphatic rings. The van der Waals surface area contributed by atoms with E-state index in [1.807, 2.05) is 6.92 Å². The first kappa shape index (κ1) is 26.2. The molecule has 1 saturated heterocycles. The van der Waals surface area contributed by atoms with E-state index in [0.29, 0.717) is 32.7 Å². The van der Waals surface area contributed by atoms with Crippen molar-refractivity contribution in [3.05, 3.63) is 87.4 Å². The summed E-state index contributed by atoms with van der Waals surface area (Å²) in [5.74, 6) is -1.75. The first-order valence-corrected chi connectivity index (χ1v) is 12.4. The van der Waals surface area contributed by atoms with Crippen molar-refractivity contribution in [3.63, 3.8) is 0 Å². The zero-order valence-electron chi connectivity index (χ0n) is 20.2. The lowest BCUT2D eigenvalue weighted by Gasteiger charge is -2.18. The van der Waals surface area contributed by atoms with E-state index in [0.717, 1.165) is 11.1 Å². The fourth-order valence-electron chi connectivity index (χ4n) is 4.33. The Kier molecular flexibility index (Phi) is 7.82. The number of benzene rings is 3. The summed E-state index contributed by atoms with van der Waals surface area (Å²) in [6, 6.07) is 19.6. The Morgan fingerprint density at radius 3 is 2.35 bits per heavy atom. The summed E-state index contributed by atoms with van der Waals surface area (Å²) in [6.07, 6.45) is 0.0806. The Labute approximate surface area is 225 Å². The number of amides is 3. The average Bonchev–Trinajstić information content (AvgIpc) is 3.25. The van der Waals surface area contributed by atoms with Crippen LogP contribution in [-0.4, -0.2) is 24.3 Å². The molecule has 3 aromatic rings. The van der Waals surface area contributed by atoms with Gasteiger partial charge in [0.15, 0.2) is 0 Å². The highest BCUT2D eigenvalue weighted by atomic mass is 35.5. The topological polar surface area (TPSA) is 102 Å². The molecule has 0 aliphatic carbocycles. The molecule has 2 N–H and O–H groups in total. The second-order valence-electron chi connectivity index (χ2n) is 8.93. The summed E-state index contributed by atoms with van der Waals surface area (Å²) in [7, 11) is 0. The van der Waals surface area contributed by atoms with Gasteiger partial charge in [-0.3, -0.25) is 14.4 Å². The van der Waals surface area contributed by atoms with Crippen molar-refractivity contribution < 1.29 is 14.4 Å². The van der Waals surface area contributed by atoms with Crippen molar-refractivity contribution in [2.45, 2.75) is 26.2 Å². The number of aryl methyl sites for hydroxylation is 1. The Bertz CT molecular complexity index is 1400. The van der Waals surface area contributed by atoms with E-state index in [-0.39, 0.29) is 30.7 Å². The fourth-order valence-corrected chi connectivity index (χ4v) is 4.73. The molecular formula is C28H24Cl2N4O3. The highest BCUT2D eigenvalue weighted by Crippen LogP contribution is 2.35. The third-order valence-corrected chi connectivity index (χ3v) is 6.82. The molecule has 188 valence electrons. The maximum Gasteiger partial charge on any atom is 0.229 e. The molecule has 2 atom stereocenters. The van der Waals surface area contributed by atoms with Gasteiger partial charge in [-0.15, -0.1) is 0 Å². The molecule has 9 heteroatoms. The number of carbonyl (C=O) groups excluding carboxylic acids is 3. The van der Waals surface area contributed by atoms with Crippen molar-refractivity contribution in [3.8, 4) is 6.07 Å². The SMILES string of the molecule is CC(=O)Nc1ccc(N2CC(C(=O)Nc3cc(Cl)c(C(C#N)c4ccc(Cl)cc4)cc3C)CC2=O)cc1. The second kappa shape index (κ2) is 11.0. The quantitative estimate of drug-likeness (QED) is 0.410. The van der Waals surface area contributed by atoms with Crippen molar-refractivity contribution in [2.75, 3.05) is 22.1 Å². The van der Waals surface area contributed by atoms with Crippen LogP contribution in [0.15, 0.2) is 60.7 Å². The molecule has 4 rings (SSSR count). The van der Waals surface area contributed by atoms with Gasteiger partial charge >= 0.3 is 0 Å². The molecule has 3 aromatic carbocycles. The number of carbonyl (C=O) groups is 3. The summed E-state index contributed by atoms with van der Waals surface area (Å²) in [5, 5.41) is 16.3. The van der Waals surface area contributed by atoms with E-state index < -0.39 is 11.8 Å². The molecule has 0 radical (unpaired) electrons. The highest BCUT2D eigenvalue weighted by molar-refractivity contribution is 6.32. The third-order valence-electron chi connectivity index (χ3n) is 6.24. The molecule has 37 heavy (non-hydrogen) atoms. The maximum absolute atomic E-state index is 13.1. The van der Waals surface area contributed by atoms with Crippen LogP contribution in [0, 0.1) is 24.2 Å². The highest BCUT2D eigenvalue weighted by Gasteiger charge is 2.35. The number of halogens is 2.